The quantitative estimate of drug-likeness (QED) is 0.837. The smallest absolute Gasteiger partial charge is 0.326 e. The van der Waals surface area contributed by atoms with Gasteiger partial charge in [-0.25, -0.2) is 4.79 Å². The maximum atomic E-state index is 12.0. The highest BCUT2D eigenvalue weighted by Crippen LogP contribution is 2.18. The van der Waals surface area contributed by atoms with Gasteiger partial charge in [0.1, 0.15) is 17.9 Å². The van der Waals surface area contributed by atoms with Crippen LogP contribution in [0.3, 0.4) is 0 Å². The fourth-order valence-electron chi connectivity index (χ4n) is 2.25. The lowest BCUT2D eigenvalue weighted by Crippen LogP contribution is -2.40. The van der Waals surface area contributed by atoms with Crippen LogP contribution in [0.2, 0.25) is 0 Å². The Morgan fingerprint density at radius 2 is 1.95 bits per heavy atom. The minimum atomic E-state index is -1.03. The number of benzene rings is 1. The predicted octanol–water partition coefficient (Wildman–Crippen LogP) is 1.84. The van der Waals surface area contributed by atoms with E-state index in [-0.39, 0.29) is 6.10 Å². The summed E-state index contributed by atoms with van der Waals surface area (Å²) in [4.78, 5) is 22.9. The Labute approximate surface area is 129 Å². The van der Waals surface area contributed by atoms with Crippen molar-refractivity contribution < 1.29 is 24.2 Å². The second-order valence-corrected chi connectivity index (χ2v) is 5.23. The zero-order valence-corrected chi connectivity index (χ0v) is 12.6. The second kappa shape index (κ2) is 7.79. The van der Waals surface area contributed by atoms with Crippen molar-refractivity contribution >= 4 is 11.9 Å². The van der Waals surface area contributed by atoms with E-state index < -0.39 is 17.9 Å². The molecule has 1 atom stereocenters. The standard InChI is InChI=1S/C16H21NO5/c1-2-14(16(19)20)17-15(18)11-3-5-12(6-4-11)22-13-7-9-21-10-8-13/h3-6,13-14H,2,7-10H2,1H3,(H,17,18)(H,19,20). The Morgan fingerprint density at radius 3 is 2.50 bits per heavy atom. The Bertz CT molecular complexity index is 508. The van der Waals surface area contributed by atoms with E-state index >= 15 is 0 Å². The maximum absolute atomic E-state index is 12.0. The molecule has 1 aliphatic rings. The molecule has 1 aromatic rings. The molecule has 120 valence electrons. The van der Waals surface area contributed by atoms with E-state index in [0.717, 1.165) is 12.8 Å². The minimum absolute atomic E-state index is 0.143. The highest BCUT2D eigenvalue weighted by molar-refractivity contribution is 5.96. The molecule has 0 saturated carbocycles. The van der Waals surface area contributed by atoms with E-state index in [1.165, 1.54) is 0 Å². The lowest BCUT2D eigenvalue weighted by molar-refractivity contribution is -0.139. The van der Waals surface area contributed by atoms with E-state index in [4.69, 9.17) is 14.6 Å². The number of carboxylic acids is 1. The molecule has 0 aliphatic carbocycles. The van der Waals surface area contributed by atoms with Crippen molar-refractivity contribution in [3.63, 3.8) is 0 Å². The monoisotopic (exact) mass is 307 g/mol. The summed E-state index contributed by atoms with van der Waals surface area (Å²) >= 11 is 0. The van der Waals surface area contributed by atoms with Gasteiger partial charge in [0.05, 0.1) is 13.2 Å². The van der Waals surface area contributed by atoms with Crippen molar-refractivity contribution in [2.75, 3.05) is 13.2 Å². The first-order chi connectivity index (χ1) is 10.6. The van der Waals surface area contributed by atoms with Crippen molar-refractivity contribution in [1.82, 2.24) is 5.32 Å². The van der Waals surface area contributed by atoms with Crippen LogP contribution in [0.4, 0.5) is 0 Å². The van der Waals surface area contributed by atoms with Crippen LogP contribution in [0.5, 0.6) is 5.75 Å². The van der Waals surface area contributed by atoms with E-state index in [9.17, 15) is 9.59 Å². The molecule has 0 spiro atoms. The van der Waals surface area contributed by atoms with Crippen LogP contribution in [0.15, 0.2) is 24.3 Å². The first kappa shape index (κ1) is 16.3. The summed E-state index contributed by atoms with van der Waals surface area (Å²) in [5.74, 6) is -0.726. The summed E-state index contributed by atoms with van der Waals surface area (Å²) < 4.78 is 11.1. The summed E-state index contributed by atoms with van der Waals surface area (Å²) in [6.07, 6.45) is 2.20. The van der Waals surface area contributed by atoms with E-state index in [0.29, 0.717) is 30.9 Å². The molecule has 1 aliphatic heterocycles. The number of ether oxygens (including phenoxy) is 2. The SMILES string of the molecule is CCC(NC(=O)c1ccc(OC2CCOCC2)cc1)C(=O)O. The van der Waals surface area contributed by atoms with Gasteiger partial charge < -0.3 is 19.9 Å². The van der Waals surface area contributed by atoms with Gasteiger partial charge in [-0.3, -0.25) is 4.79 Å². The maximum Gasteiger partial charge on any atom is 0.326 e. The number of aliphatic carboxylic acids is 1. The van der Waals surface area contributed by atoms with E-state index in [1.54, 1.807) is 31.2 Å². The van der Waals surface area contributed by atoms with Crippen LogP contribution in [0.1, 0.15) is 36.5 Å². The molecule has 1 unspecified atom stereocenters. The highest BCUT2D eigenvalue weighted by Gasteiger charge is 2.19. The van der Waals surface area contributed by atoms with Crippen LogP contribution < -0.4 is 10.1 Å². The Kier molecular flexibility index (Phi) is 5.77. The summed E-state index contributed by atoms with van der Waals surface area (Å²) in [6.45, 7) is 3.13. The average molecular weight is 307 g/mol. The summed E-state index contributed by atoms with van der Waals surface area (Å²) in [7, 11) is 0. The molecule has 0 radical (unpaired) electrons. The lowest BCUT2D eigenvalue weighted by atomic mass is 10.1. The van der Waals surface area contributed by atoms with Crippen molar-refractivity contribution in [2.24, 2.45) is 0 Å². The minimum Gasteiger partial charge on any atom is -0.490 e. The average Bonchev–Trinajstić information content (AvgIpc) is 2.53. The van der Waals surface area contributed by atoms with Gasteiger partial charge in [-0.2, -0.15) is 0 Å². The largest absolute Gasteiger partial charge is 0.490 e. The third-order valence-electron chi connectivity index (χ3n) is 3.60. The Balaban J connectivity index is 1.92. The second-order valence-electron chi connectivity index (χ2n) is 5.23. The van der Waals surface area contributed by atoms with Gasteiger partial charge in [-0.15, -0.1) is 0 Å². The highest BCUT2D eigenvalue weighted by atomic mass is 16.5. The van der Waals surface area contributed by atoms with Gasteiger partial charge in [0.15, 0.2) is 0 Å². The van der Waals surface area contributed by atoms with Gasteiger partial charge in [0.25, 0.3) is 5.91 Å². The van der Waals surface area contributed by atoms with Gasteiger partial charge in [-0.1, -0.05) is 6.92 Å². The van der Waals surface area contributed by atoms with Crippen LogP contribution in [0.25, 0.3) is 0 Å². The Hall–Kier alpha value is -2.08. The molecule has 1 heterocycles. The molecule has 1 aromatic carbocycles. The van der Waals surface area contributed by atoms with Crippen LogP contribution in [0, 0.1) is 0 Å². The molecule has 22 heavy (non-hydrogen) atoms. The topological polar surface area (TPSA) is 84.9 Å². The molecule has 2 rings (SSSR count). The molecule has 6 nitrogen and oxygen atoms in total. The van der Waals surface area contributed by atoms with E-state index in [2.05, 4.69) is 5.32 Å². The van der Waals surface area contributed by atoms with Crippen molar-refractivity contribution in [2.45, 2.75) is 38.3 Å². The molecule has 6 heteroatoms. The predicted molar refractivity (Wildman–Crippen MR) is 80.1 cm³/mol. The third kappa shape index (κ3) is 4.46. The van der Waals surface area contributed by atoms with Crippen molar-refractivity contribution in [1.29, 1.82) is 0 Å². The number of hydrogen-bond donors (Lipinski definition) is 2. The Morgan fingerprint density at radius 1 is 1.32 bits per heavy atom. The molecular weight excluding hydrogens is 286 g/mol. The molecule has 1 saturated heterocycles. The molecule has 0 aromatic heterocycles. The van der Waals surface area contributed by atoms with Crippen molar-refractivity contribution in [3.8, 4) is 5.75 Å². The number of carboxylic acid groups (broad SMARTS) is 1. The molecule has 0 bridgehead atoms. The molecule has 1 amide bonds. The molecular formula is C16H21NO5. The fourth-order valence-corrected chi connectivity index (χ4v) is 2.25. The third-order valence-corrected chi connectivity index (χ3v) is 3.60. The van der Waals surface area contributed by atoms with Gasteiger partial charge in [-0.05, 0) is 30.7 Å². The van der Waals surface area contributed by atoms with E-state index in [1.807, 2.05) is 0 Å². The van der Waals surface area contributed by atoms with Crippen molar-refractivity contribution in [3.05, 3.63) is 29.8 Å². The zero-order chi connectivity index (χ0) is 15.9. The zero-order valence-electron chi connectivity index (χ0n) is 12.6. The first-order valence-corrected chi connectivity index (χ1v) is 7.48. The van der Waals surface area contributed by atoms with Gasteiger partial charge in [0.2, 0.25) is 0 Å². The van der Waals surface area contributed by atoms with Crippen LogP contribution in [-0.2, 0) is 9.53 Å². The fraction of sp³-hybridized carbons (Fsp3) is 0.500. The van der Waals surface area contributed by atoms with Crippen LogP contribution in [-0.4, -0.2) is 42.3 Å². The molecule has 1 fully saturated rings. The summed E-state index contributed by atoms with van der Waals surface area (Å²) in [5, 5.41) is 11.4. The number of carbonyl (C=O) groups excluding carboxylic acids is 1. The number of hydrogen-bond acceptors (Lipinski definition) is 4. The molecule has 2 N–H and O–H groups in total. The summed E-state index contributed by atoms with van der Waals surface area (Å²) in [5.41, 5.74) is 0.416. The number of carbonyl (C=O) groups is 2. The number of rotatable bonds is 6. The van der Waals surface area contributed by atoms with Crippen LogP contribution >= 0.6 is 0 Å². The summed E-state index contributed by atoms with van der Waals surface area (Å²) in [6, 6.07) is 5.86. The van der Waals surface area contributed by atoms with Gasteiger partial charge in [0, 0.05) is 18.4 Å². The first-order valence-electron chi connectivity index (χ1n) is 7.48. The number of amides is 1. The number of nitrogens with one attached hydrogen (secondary N) is 1. The van der Waals surface area contributed by atoms with Gasteiger partial charge >= 0.3 is 5.97 Å². The lowest BCUT2D eigenvalue weighted by Gasteiger charge is -2.23. The normalized spacial score (nSPS) is 16.8.